The van der Waals surface area contributed by atoms with Crippen LogP contribution in [-0.4, -0.2) is 40.0 Å². The molecule has 0 bridgehead atoms. The summed E-state index contributed by atoms with van der Waals surface area (Å²) >= 11 is 0. The molecule has 0 aliphatic carbocycles. The topological polar surface area (TPSA) is 46.8 Å². The normalized spacial score (nSPS) is 19.7. The zero-order valence-corrected chi connectivity index (χ0v) is 13.5. The van der Waals surface area contributed by atoms with Crippen LogP contribution in [0.15, 0.2) is 24.4 Å². The van der Waals surface area contributed by atoms with Crippen LogP contribution in [0, 0.1) is 0 Å². The Kier molecular flexibility index (Phi) is 4.16. The van der Waals surface area contributed by atoms with Crippen molar-refractivity contribution in [1.82, 2.24) is 14.3 Å². The number of fused-ring (bicyclic) bond motifs is 1. The number of ether oxygens (including phenoxy) is 1. The van der Waals surface area contributed by atoms with E-state index in [1.807, 2.05) is 22.7 Å². The summed E-state index contributed by atoms with van der Waals surface area (Å²) in [5, 5.41) is 0. The Balaban J connectivity index is 2.02. The van der Waals surface area contributed by atoms with Crippen molar-refractivity contribution in [1.29, 1.82) is 0 Å². The van der Waals surface area contributed by atoms with E-state index >= 15 is 0 Å². The van der Waals surface area contributed by atoms with Crippen LogP contribution >= 0.6 is 0 Å². The van der Waals surface area contributed by atoms with E-state index in [0.717, 1.165) is 24.3 Å². The molecule has 0 radical (unpaired) electrons. The number of carbonyl (C=O) groups is 1. The largest absolute Gasteiger partial charge is 0.464 e. The second-order valence-corrected chi connectivity index (χ2v) is 6.14. The summed E-state index contributed by atoms with van der Waals surface area (Å²) in [6.45, 7) is 5.57. The van der Waals surface area contributed by atoms with Gasteiger partial charge >= 0.3 is 5.97 Å². The van der Waals surface area contributed by atoms with Crippen molar-refractivity contribution in [2.24, 2.45) is 0 Å². The van der Waals surface area contributed by atoms with E-state index in [-0.39, 0.29) is 5.97 Å². The van der Waals surface area contributed by atoms with E-state index in [0.29, 0.717) is 17.8 Å². The van der Waals surface area contributed by atoms with Gasteiger partial charge in [-0.05, 0) is 45.4 Å². The number of piperidine rings is 1. The van der Waals surface area contributed by atoms with Crippen LogP contribution in [0.4, 0.5) is 0 Å². The molecule has 3 rings (SSSR count). The molecule has 5 nitrogen and oxygen atoms in total. The maximum absolute atomic E-state index is 11.9. The summed E-state index contributed by atoms with van der Waals surface area (Å²) < 4.78 is 6.70. The van der Waals surface area contributed by atoms with Crippen molar-refractivity contribution in [2.45, 2.75) is 45.2 Å². The lowest BCUT2D eigenvalue weighted by Crippen LogP contribution is -2.38. The van der Waals surface area contributed by atoms with Gasteiger partial charge in [0.15, 0.2) is 0 Å². The summed E-state index contributed by atoms with van der Waals surface area (Å²) in [6, 6.07) is 6.37. The molecule has 0 aromatic carbocycles. The van der Waals surface area contributed by atoms with E-state index in [4.69, 9.17) is 9.72 Å². The number of rotatable bonds is 3. The van der Waals surface area contributed by atoms with Gasteiger partial charge in [0.25, 0.3) is 0 Å². The molecule has 22 heavy (non-hydrogen) atoms. The highest BCUT2D eigenvalue weighted by Gasteiger charge is 2.28. The third-order valence-corrected chi connectivity index (χ3v) is 4.45. The molecule has 1 aliphatic rings. The monoisotopic (exact) mass is 301 g/mol. The fraction of sp³-hybridized carbons (Fsp3) is 0.529. The number of carbonyl (C=O) groups excluding carboxylic acids is 1. The second-order valence-electron chi connectivity index (χ2n) is 6.14. The fourth-order valence-corrected chi connectivity index (χ4v) is 3.35. The van der Waals surface area contributed by atoms with Crippen LogP contribution in [0.5, 0.6) is 0 Å². The molecule has 0 N–H and O–H groups in total. The fourth-order valence-electron chi connectivity index (χ4n) is 3.35. The highest BCUT2D eigenvalue weighted by Crippen LogP contribution is 2.32. The van der Waals surface area contributed by atoms with Gasteiger partial charge in [-0.3, -0.25) is 9.30 Å². The average molecular weight is 301 g/mol. The maximum atomic E-state index is 11.9. The van der Waals surface area contributed by atoms with Crippen LogP contribution in [-0.2, 0) is 4.74 Å². The van der Waals surface area contributed by atoms with Gasteiger partial charge in [-0.1, -0.05) is 12.5 Å². The zero-order valence-electron chi connectivity index (χ0n) is 13.5. The van der Waals surface area contributed by atoms with Gasteiger partial charge in [0.05, 0.1) is 18.8 Å². The van der Waals surface area contributed by atoms with Crippen LogP contribution in [0.25, 0.3) is 5.65 Å². The van der Waals surface area contributed by atoms with Gasteiger partial charge in [0.2, 0.25) is 0 Å². The Labute approximate surface area is 130 Å². The number of nitrogens with zero attached hydrogens (tertiary/aromatic N) is 3. The van der Waals surface area contributed by atoms with Gasteiger partial charge in [0.1, 0.15) is 11.3 Å². The standard InChI is InChI=1S/C17H23N3O2/c1-12(2)19-10-5-4-7-14(19)13-11-20-15(17(21)22-3)8-6-9-16(20)18-13/h6,8-9,11-12,14H,4-5,7,10H2,1-3H3. The third kappa shape index (κ3) is 2.61. The molecule has 3 heterocycles. The molecular weight excluding hydrogens is 278 g/mol. The number of imidazole rings is 1. The third-order valence-electron chi connectivity index (χ3n) is 4.45. The first-order chi connectivity index (χ1) is 10.6. The summed E-state index contributed by atoms with van der Waals surface area (Å²) in [7, 11) is 1.40. The second kappa shape index (κ2) is 6.08. The highest BCUT2D eigenvalue weighted by molar-refractivity contribution is 5.88. The van der Waals surface area contributed by atoms with E-state index in [1.165, 1.54) is 20.0 Å². The van der Waals surface area contributed by atoms with Crippen molar-refractivity contribution in [2.75, 3.05) is 13.7 Å². The Morgan fingerprint density at radius 2 is 2.18 bits per heavy atom. The lowest BCUT2D eigenvalue weighted by atomic mass is 9.98. The molecule has 0 spiro atoms. The summed E-state index contributed by atoms with van der Waals surface area (Å²) in [5.41, 5.74) is 2.36. The SMILES string of the molecule is COC(=O)c1cccc2nc(C3CCCCN3C(C)C)cn12. The average Bonchev–Trinajstić information content (AvgIpc) is 2.97. The van der Waals surface area contributed by atoms with Crippen LogP contribution in [0.2, 0.25) is 0 Å². The Morgan fingerprint density at radius 1 is 1.36 bits per heavy atom. The van der Waals surface area contributed by atoms with Crippen molar-refractivity contribution in [3.8, 4) is 0 Å². The molecule has 1 aliphatic heterocycles. The summed E-state index contributed by atoms with van der Waals surface area (Å²) in [5.74, 6) is -0.334. The van der Waals surface area contributed by atoms with Crippen molar-refractivity contribution < 1.29 is 9.53 Å². The number of esters is 1. The number of likely N-dealkylation sites (tertiary alicyclic amines) is 1. The number of hydrogen-bond acceptors (Lipinski definition) is 4. The molecule has 0 amide bonds. The molecule has 118 valence electrons. The van der Waals surface area contributed by atoms with E-state index in [2.05, 4.69) is 18.7 Å². The molecule has 1 unspecified atom stereocenters. The first kappa shape index (κ1) is 15.0. The minimum Gasteiger partial charge on any atom is -0.464 e. The van der Waals surface area contributed by atoms with Gasteiger partial charge in [0, 0.05) is 12.2 Å². The molecule has 2 aromatic heterocycles. The van der Waals surface area contributed by atoms with Crippen molar-refractivity contribution in [3.05, 3.63) is 35.8 Å². The molecule has 1 saturated heterocycles. The van der Waals surface area contributed by atoms with Gasteiger partial charge < -0.3 is 4.74 Å². The lowest BCUT2D eigenvalue weighted by molar-refractivity contribution is 0.0592. The predicted molar refractivity (Wildman–Crippen MR) is 85.0 cm³/mol. The van der Waals surface area contributed by atoms with E-state index < -0.39 is 0 Å². The molecule has 1 fully saturated rings. The molecule has 1 atom stereocenters. The van der Waals surface area contributed by atoms with E-state index in [9.17, 15) is 4.79 Å². The lowest BCUT2D eigenvalue weighted by Gasteiger charge is -2.37. The van der Waals surface area contributed by atoms with Gasteiger partial charge in [-0.2, -0.15) is 0 Å². The van der Waals surface area contributed by atoms with Gasteiger partial charge in [-0.25, -0.2) is 9.78 Å². The predicted octanol–water partition coefficient (Wildman–Crippen LogP) is 3.06. The number of hydrogen-bond donors (Lipinski definition) is 0. The minimum absolute atomic E-state index is 0.333. The van der Waals surface area contributed by atoms with Gasteiger partial charge in [-0.15, -0.1) is 0 Å². The number of aromatic nitrogens is 2. The van der Waals surface area contributed by atoms with Crippen LogP contribution in [0.1, 0.15) is 55.3 Å². The molecule has 2 aromatic rings. The summed E-state index contributed by atoms with van der Waals surface area (Å²) in [6.07, 6.45) is 5.59. The maximum Gasteiger partial charge on any atom is 0.355 e. The number of pyridine rings is 1. The number of methoxy groups -OCH3 is 1. The highest BCUT2D eigenvalue weighted by atomic mass is 16.5. The molecule has 5 heteroatoms. The zero-order chi connectivity index (χ0) is 15.7. The quantitative estimate of drug-likeness (QED) is 0.818. The van der Waals surface area contributed by atoms with Crippen molar-refractivity contribution >= 4 is 11.6 Å². The minimum atomic E-state index is -0.334. The van der Waals surface area contributed by atoms with E-state index in [1.54, 1.807) is 6.07 Å². The Bertz CT molecular complexity index is 678. The van der Waals surface area contributed by atoms with Crippen LogP contribution < -0.4 is 0 Å². The molecular formula is C17H23N3O2. The Morgan fingerprint density at radius 3 is 2.91 bits per heavy atom. The van der Waals surface area contributed by atoms with Crippen molar-refractivity contribution in [3.63, 3.8) is 0 Å². The smallest absolute Gasteiger partial charge is 0.355 e. The van der Waals surface area contributed by atoms with Crippen LogP contribution in [0.3, 0.4) is 0 Å². The first-order valence-electron chi connectivity index (χ1n) is 7.94. The first-order valence-corrected chi connectivity index (χ1v) is 7.94. The summed E-state index contributed by atoms with van der Waals surface area (Å²) in [4.78, 5) is 19.2. The Hall–Kier alpha value is -1.88. The molecule has 0 saturated carbocycles.